The molecule has 0 aliphatic heterocycles. The molecular formula is C29H34O4. The first kappa shape index (κ1) is 22.2. The number of ether oxygens (including phenoxy) is 2. The van der Waals surface area contributed by atoms with Crippen LogP contribution < -0.4 is 0 Å². The molecule has 5 rings (SSSR count). The monoisotopic (exact) mass is 446 g/mol. The third kappa shape index (κ3) is 4.85. The Bertz CT molecular complexity index is 907. The van der Waals surface area contributed by atoms with Crippen LogP contribution in [0.2, 0.25) is 0 Å². The number of benzene rings is 2. The van der Waals surface area contributed by atoms with E-state index in [0.717, 1.165) is 51.4 Å². The molecule has 4 nitrogen and oxygen atoms in total. The molecule has 3 aliphatic rings. The van der Waals surface area contributed by atoms with Crippen LogP contribution in [0.4, 0.5) is 0 Å². The lowest BCUT2D eigenvalue weighted by Gasteiger charge is -2.28. The van der Waals surface area contributed by atoms with Gasteiger partial charge >= 0.3 is 11.9 Å². The first-order valence-electron chi connectivity index (χ1n) is 12.8. The van der Waals surface area contributed by atoms with Gasteiger partial charge in [-0.1, -0.05) is 61.4 Å². The van der Waals surface area contributed by atoms with Crippen molar-refractivity contribution >= 4 is 11.9 Å². The Labute approximate surface area is 196 Å². The highest BCUT2D eigenvalue weighted by atomic mass is 16.6. The minimum Gasteiger partial charge on any atom is -0.462 e. The Morgan fingerprint density at radius 1 is 0.667 bits per heavy atom. The fourth-order valence-electron chi connectivity index (χ4n) is 5.90. The normalized spacial score (nSPS) is 19.2. The lowest BCUT2D eigenvalue weighted by atomic mass is 9.86. The summed E-state index contributed by atoms with van der Waals surface area (Å²) in [5, 5.41) is 0. The molecule has 0 N–H and O–H groups in total. The molecule has 0 spiro atoms. The van der Waals surface area contributed by atoms with E-state index in [1.807, 2.05) is 24.3 Å². The van der Waals surface area contributed by atoms with E-state index in [4.69, 9.17) is 9.47 Å². The second-order valence-electron chi connectivity index (χ2n) is 9.91. The molecule has 2 fully saturated rings. The number of carbonyl (C=O) groups excluding carboxylic acids is 2. The van der Waals surface area contributed by atoms with E-state index in [2.05, 4.69) is 24.3 Å². The quantitative estimate of drug-likeness (QED) is 0.373. The van der Waals surface area contributed by atoms with Crippen molar-refractivity contribution in [1.82, 2.24) is 0 Å². The van der Waals surface area contributed by atoms with Gasteiger partial charge in [0.05, 0.1) is 0 Å². The van der Waals surface area contributed by atoms with Gasteiger partial charge in [-0.15, -0.1) is 0 Å². The molecule has 0 heterocycles. The summed E-state index contributed by atoms with van der Waals surface area (Å²) in [4.78, 5) is 26.8. The first-order chi connectivity index (χ1) is 16.2. The molecule has 0 aromatic heterocycles. The highest BCUT2D eigenvalue weighted by molar-refractivity contribution is 5.95. The Kier molecular flexibility index (Phi) is 6.80. The molecule has 3 aliphatic carbocycles. The van der Waals surface area contributed by atoms with Crippen LogP contribution in [-0.4, -0.2) is 24.1 Å². The van der Waals surface area contributed by atoms with Crippen molar-refractivity contribution in [3.05, 3.63) is 59.7 Å². The van der Waals surface area contributed by atoms with Gasteiger partial charge in [-0.3, -0.25) is 9.59 Å². The van der Waals surface area contributed by atoms with Gasteiger partial charge in [0.2, 0.25) is 0 Å². The van der Waals surface area contributed by atoms with Gasteiger partial charge in [-0.2, -0.15) is 0 Å². The van der Waals surface area contributed by atoms with E-state index in [9.17, 15) is 9.59 Å². The summed E-state index contributed by atoms with van der Waals surface area (Å²) in [6.45, 7) is 0. The van der Waals surface area contributed by atoms with Crippen LogP contribution in [0.25, 0.3) is 11.1 Å². The lowest BCUT2D eigenvalue weighted by molar-refractivity contribution is -0.170. The Morgan fingerprint density at radius 2 is 1.09 bits per heavy atom. The number of fused-ring (bicyclic) bond motifs is 3. The number of rotatable bonds is 6. The Balaban J connectivity index is 1.40. The highest BCUT2D eigenvalue weighted by Gasteiger charge is 2.39. The minimum absolute atomic E-state index is 0.0137. The minimum atomic E-state index is -0.891. The molecule has 4 heteroatoms. The van der Waals surface area contributed by atoms with Crippen LogP contribution in [0.3, 0.4) is 0 Å². The second-order valence-corrected chi connectivity index (χ2v) is 9.91. The van der Waals surface area contributed by atoms with Crippen LogP contribution in [0.5, 0.6) is 0 Å². The van der Waals surface area contributed by atoms with E-state index in [1.165, 1.54) is 35.1 Å². The molecule has 0 bridgehead atoms. The van der Waals surface area contributed by atoms with E-state index in [-0.39, 0.29) is 18.1 Å². The van der Waals surface area contributed by atoms with Crippen molar-refractivity contribution in [3.63, 3.8) is 0 Å². The average molecular weight is 447 g/mol. The first-order valence-corrected chi connectivity index (χ1v) is 12.8. The number of hydrogen-bond donors (Lipinski definition) is 0. The standard InChI is InChI=1S/C29H34O4/c30-28(32-20-11-3-1-4-12-20)27(29(31)33-21-13-5-2-6-14-21)19-26-24-17-9-7-15-22(24)23-16-8-10-18-25(23)26/h7-10,15-18,20-21,26-27H,1-6,11-14,19H2. The van der Waals surface area contributed by atoms with Gasteiger partial charge in [0, 0.05) is 5.92 Å². The molecule has 0 saturated heterocycles. The fourth-order valence-corrected chi connectivity index (χ4v) is 5.90. The van der Waals surface area contributed by atoms with Gasteiger partial charge in [0.25, 0.3) is 0 Å². The van der Waals surface area contributed by atoms with E-state index in [1.54, 1.807) is 0 Å². The molecule has 0 radical (unpaired) electrons. The van der Waals surface area contributed by atoms with E-state index in [0.29, 0.717) is 6.42 Å². The fraction of sp³-hybridized carbons (Fsp3) is 0.517. The molecule has 0 atom stereocenters. The highest BCUT2D eigenvalue weighted by Crippen LogP contribution is 2.47. The summed E-state index contributed by atoms with van der Waals surface area (Å²) in [5.74, 6) is -1.70. The predicted molar refractivity (Wildman–Crippen MR) is 128 cm³/mol. The van der Waals surface area contributed by atoms with Crippen LogP contribution >= 0.6 is 0 Å². The Morgan fingerprint density at radius 3 is 1.55 bits per heavy atom. The largest absolute Gasteiger partial charge is 0.462 e. The SMILES string of the molecule is O=C(OC1CCCCC1)C(CC1c2ccccc2-c2ccccc21)C(=O)OC1CCCCC1. The molecule has 174 valence electrons. The van der Waals surface area contributed by atoms with Gasteiger partial charge in [-0.05, 0) is 80.0 Å². The van der Waals surface area contributed by atoms with Gasteiger partial charge in [0.1, 0.15) is 12.2 Å². The zero-order chi connectivity index (χ0) is 22.6. The van der Waals surface area contributed by atoms with Gasteiger partial charge < -0.3 is 9.47 Å². The number of esters is 2. The summed E-state index contributed by atoms with van der Waals surface area (Å²) in [6, 6.07) is 16.7. The van der Waals surface area contributed by atoms with Crippen molar-refractivity contribution in [3.8, 4) is 11.1 Å². The number of hydrogen-bond acceptors (Lipinski definition) is 4. The second kappa shape index (κ2) is 10.1. The maximum atomic E-state index is 13.4. The molecule has 33 heavy (non-hydrogen) atoms. The van der Waals surface area contributed by atoms with Crippen LogP contribution in [0, 0.1) is 5.92 Å². The topological polar surface area (TPSA) is 52.6 Å². The Hall–Kier alpha value is -2.62. The van der Waals surface area contributed by atoms with Crippen molar-refractivity contribution in [2.45, 2.75) is 88.8 Å². The lowest BCUT2D eigenvalue weighted by Crippen LogP contribution is -2.35. The summed E-state index contributed by atoms with van der Waals surface area (Å²) in [5.41, 5.74) is 4.75. The van der Waals surface area contributed by atoms with Crippen molar-refractivity contribution in [2.24, 2.45) is 5.92 Å². The van der Waals surface area contributed by atoms with Gasteiger partial charge in [-0.25, -0.2) is 0 Å². The van der Waals surface area contributed by atoms with Crippen molar-refractivity contribution < 1.29 is 19.1 Å². The zero-order valence-corrected chi connectivity index (χ0v) is 19.3. The average Bonchev–Trinajstić information content (AvgIpc) is 3.17. The smallest absolute Gasteiger partial charge is 0.320 e. The molecule has 0 amide bonds. The molecular weight excluding hydrogens is 412 g/mol. The summed E-state index contributed by atoms with van der Waals surface area (Å²) in [7, 11) is 0. The van der Waals surface area contributed by atoms with E-state index >= 15 is 0 Å². The van der Waals surface area contributed by atoms with Crippen LogP contribution in [0.15, 0.2) is 48.5 Å². The number of carbonyl (C=O) groups is 2. The van der Waals surface area contributed by atoms with Gasteiger partial charge in [0.15, 0.2) is 5.92 Å². The maximum Gasteiger partial charge on any atom is 0.320 e. The summed E-state index contributed by atoms with van der Waals surface area (Å²) in [6.07, 6.45) is 10.5. The zero-order valence-electron chi connectivity index (χ0n) is 19.3. The van der Waals surface area contributed by atoms with E-state index < -0.39 is 17.9 Å². The van der Waals surface area contributed by atoms with Crippen molar-refractivity contribution in [2.75, 3.05) is 0 Å². The van der Waals surface area contributed by atoms with Crippen molar-refractivity contribution in [1.29, 1.82) is 0 Å². The molecule has 2 saturated carbocycles. The predicted octanol–water partition coefficient (Wildman–Crippen LogP) is 6.56. The third-order valence-corrected chi connectivity index (χ3v) is 7.67. The summed E-state index contributed by atoms with van der Waals surface area (Å²) < 4.78 is 11.8. The third-order valence-electron chi connectivity index (χ3n) is 7.67. The molecule has 2 aromatic carbocycles. The summed E-state index contributed by atoms with van der Waals surface area (Å²) >= 11 is 0. The van der Waals surface area contributed by atoms with Crippen LogP contribution in [-0.2, 0) is 19.1 Å². The molecule has 2 aromatic rings. The molecule has 0 unspecified atom stereocenters. The maximum absolute atomic E-state index is 13.4. The van der Waals surface area contributed by atoms with Crippen LogP contribution in [0.1, 0.15) is 87.7 Å².